The Morgan fingerprint density at radius 2 is 2.09 bits per heavy atom. The van der Waals surface area contributed by atoms with Gasteiger partial charge in [0.2, 0.25) is 0 Å². The zero-order valence-corrected chi connectivity index (χ0v) is 8.45. The molecule has 1 unspecified atom stereocenters. The average molecular weight is 179 g/mol. The van der Waals surface area contributed by atoms with Crippen molar-refractivity contribution in [1.82, 2.24) is 10.2 Å². The first-order valence-electron chi connectivity index (χ1n) is 4.13. The van der Waals surface area contributed by atoms with Crippen molar-refractivity contribution < 1.29 is 0 Å². The van der Waals surface area contributed by atoms with Crippen molar-refractivity contribution in [2.45, 2.75) is 19.9 Å². The van der Waals surface area contributed by atoms with Crippen LogP contribution < -0.4 is 5.32 Å². The molecule has 1 saturated heterocycles. The second kappa shape index (κ2) is 4.96. The van der Waals surface area contributed by atoms with Crippen molar-refractivity contribution in [1.29, 1.82) is 0 Å². The Kier molecular flexibility index (Phi) is 5.06. The van der Waals surface area contributed by atoms with Gasteiger partial charge in [-0.15, -0.1) is 12.4 Å². The molecule has 0 saturated carbocycles. The summed E-state index contributed by atoms with van der Waals surface area (Å²) in [5, 5.41) is 3.40. The number of piperazine rings is 1. The van der Waals surface area contributed by atoms with Gasteiger partial charge in [-0.05, 0) is 13.0 Å². The van der Waals surface area contributed by atoms with E-state index < -0.39 is 0 Å². The Morgan fingerprint density at radius 3 is 2.45 bits per heavy atom. The highest BCUT2D eigenvalue weighted by molar-refractivity contribution is 5.85. The number of halogens is 1. The number of nitrogens with one attached hydrogen (secondary N) is 1. The summed E-state index contributed by atoms with van der Waals surface area (Å²) >= 11 is 0. The van der Waals surface area contributed by atoms with E-state index in [9.17, 15) is 0 Å². The molecule has 0 spiro atoms. The van der Waals surface area contributed by atoms with E-state index in [-0.39, 0.29) is 12.4 Å². The molecule has 11 heavy (non-hydrogen) atoms. The van der Waals surface area contributed by atoms with E-state index in [1.807, 2.05) is 0 Å². The minimum Gasteiger partial charge on any atom is -0.314 e. The summed E-state index contributed by atoms with van der Waals surface area (Å²) in [5.74, 6) is 0.776. The minimum absolute atomic E-state index is 0. The lowest BCUT2D eigenvalue weighted by molar-refractivity contribution is 0.157. The fraction of sp³-hybridized carbons (Fsp3) is 1.00. The van der Waals surface area contributed by atoms with Gasteiger partial charge in [-0.2, -0.15) is 0 Å². The minimum atomic E-state index is 0. The third kappa shape index (κ3) is 2.97. The molecule has 0 aromatic carbocycles. The number of rotatable bonds is 1. The van der Waals surface area contributed by atoms with Gasteiger partial charge in [0, 0.05) is 25.7 Å². The maximum absolute atomic E-state index is 3.40. The summed E-state index contributed by atoms with van der Waals surface area (Å²) in [5.41, 5.74) is 0. The van der Waals surface area contributed by atoms with Gasteiger partial charge in [-0.3, -0.25) is 0 Å². The van der Waals surface area contributed by atoms with Crippen LogP contribution in [0.15, 0.2) is 0 Å². The van der Waals surface area contributed by atoms with Gasteiger partial charge < -0.3 is 10.2 Å². The van der Waals surface area contributed by atoms with Gasteiger partial charge in [0.25, 0.3) is 0 Å². The largest absolute Gasteiger partial charge is 0.314 e. The van der Waals surface area contributed by atoms with Gasteiger partial charge >= 0.3 is 0 Å². The molecule has 0 amide bonds. The molecule has 1 N–H and O–H groups in total. The molecule has 1 fully saturated rings. The average Bonchev–Trinajstić information content (AvgIpc) is 1.88. The SMILES string of the molecule is CC(C)C1CNCCN1C.Cl. The van der Waals surface area contributed by atoms with Crippen LogP contribution >= 0.6 is 12.4 Å². The second-order valence-electron chi connectivity index (χ2n) is 3.50. The fourth-order valence-electron chi connectivity index (χ4n) is 1.57. The van der Waals surface area contributed by atoms with Crippen molar-refractivity contribution >= 4 is 12.4 Å². The van der Waals surface area contributed by atoms with Gasteiger partial charge in [0.05, 0.1) is 0 Å². The van der Waals surface area contributed by atoms with Crippen molar-refractivity contribution in [2.24, 2.45) is 5.92 Å². The molecule has 3 heteroatoms. The van der Waals surface area contributed by atoms with E-state index in [4.69, 9.17) is 0 Å². The third-order valence-electron chi connectivity index (χ3n) is 2.33. The summed E-state index contributed by atoms with van der Waals surface area (Å²) < 4.78 is 0. The summed E-state index contributed by atoms with van der Waals surface area (Å²) in [6.07, 6.45) is 0. The first-order valence-corrected chi connectivity index (χ1v) is 4.13. The lowest BCUT2D eigenvalue weighted by Gasteiger charge is -2.35. The molecule has 0 radical (unpaired) electrons. The zero-order valence-electron chi connectivity index (χ0n) is 7.63. The molecule has 1 aliphatic rings. The van der Waals surface area contributed by atoms with Gasteiger partial charge in [0.1, 0.15) is 0 Å². The van der Waals surface area contributed by atoms with Crippen molar-refractivity contribution in [2.75, 3.05) is 26.7 Å². The Morgan fingerprint density at radius 1 is 1.45 bits per heavy atom. The van der Waals surface area contributed by atoms with E-state index in [2.05, 4.69) is 31.1 Å². The molecule has 0 aliphatic carbocycles. The van der Waals surface area contributed by atoms with Crippen LogP contribution in [-0.2, 0) is 0 Å². The first-order chi connectivity index (χ1) is 4.72. The predicted octanol–water partition coefficient (Wildman–Crippen LogP) is 0.968. The molecule has 68 valence electrons. The monoisotopic (exact) mass is 178 g/mol. The maximum atomic E-state index is 3.40. The summed E-state index contributed by atoms with van der Waals surface area (Å²) in [4.78, 5) is 2.45. The Bertz CT molecular complexity index is 106. The van der Waals surface area contributed by atoms with Crippen molar-refractivity contribution in [3.05, 3.63) is 0 Å². The van der Waals surface area contributed by atoms with Gasteiger partial charge in [0.15, 0.2) is 0 Å². The molecule has 0 aromatic rings. The number of hydrogen-bond donors (Lipinski definition) is 1. The lowest BCUT2D eigenvalue weighted by Crippen LogP contribution is -2.51. The van der Waals surface area contributed by atoms with Crippen LogP contribution in [0.4, 0.5) is 0 Å². The number of hydrogen-bond acceptors (Lipinski definition) is 2. The quantitative estimate of drug-likeness (QED) is 0.644. The van der Waals surface area contributed by atoms with Crippen LogP contribution in [0.3, 0.4) is 0 Å². The summed E-state index contributed by atoms with van der Waals surface area (Å²) in [6.45, 7) is 8.08. The van der Waals surface area contributed by atoms with Crippen LogP contribution in [0.2, 0.25) is 0 Å². The molecule has 2 nitrogen and oxygen atoms in total. The van der Waals surface area contributed by atoms with Crippen LogP contribution in [0.5, 0.6) is 0 Å². The first kappa shape index (κ1) is 11.2. The highest BCUT2D eigenvalue weighted by Gasteiger charge is 2.20. The Balaban J connectivity index is 0.000001000. The summed E-state index contributed by atoms with van der Waals surface area (Å²) in [6, 6.07) is 0.744. The molecule has 0 bridgehead atoms. The third-order valence-corrected chi connectivity index (χ3v) is 2.33. The second-order valence-corrected chi connectivity index (χ2v) is 3.50. The normalized spacial score (nSPS) is 26.7. The van der Waals surface area contributed by atoms with E-state index in [0.717, 1.165) is 25.0 Å². The topological polar surface area (TPSA) is 15.3 Å². The van der Waals surface area contributed by atoms with Gasteiger partial charge in [-0.25, -0.2) is 0 Å². The van der Waals surface area contributed by atoms with E-state index >= 15 is 0 Å². The van der Waals surface area contributed by atoms with Crippen LogP contribution in [0.1, 0.15) is 13.8 Å². The van der Waals surface area contributed by atoms with Crippen molar-refractivity contribution in [3.63, 3.8) is 0 Å². The molecular formula is C8H19ClN2. The number of likely N-dealkylation sites (N-methyl/N-ethyl adjacent to an activating group) is 1. The predicted molar refractivity (Wildman–Crippen MR) is 51.4 cm³/mol. The van der Waals surface area contributed by atoms with E-state index in [0.29, 0.717) is 0 Å². The van der Waals surface area contributed by atoms with Crippen LogP contribution in [0.25, 0.3) is 0 Å². The highest BCUT2D eigenvalue weighted by Crippen LogP contribution is 2.09. The van der Waals surface area contributed by atoms with E-state index in [1.54, 1.807) is 0 Å². The molecular weight excluding hydrogens is 160 g/mol. The van der Waals surface area contributed by atoms with Crippen molar-refractivity contribution in [3.8, 4) is 0 Å². The fourth-order valence-corrected chi connectivity index (χ4v) is 1.57. The smallest absolute Gasteiger partial charge is 0.0241 e. The molecule has 1 atom stereocenters. The van der Waals surface area contributed by atoms with Crippen LogP contribution in [-0.4, -0.2) is 37.6 Å². The Hall–Kier alpha value is 0.210. The summed E-state index contributed by atoms with van der Waals surface area (Å²) in [7, 11) is 2.21. The van der Waals surface area contributed by atoms with E-state index in [1.165, 1.54) is 6.54 Å². The zero-order chi connectivity index (χ0) is 7.56. The molecule has 1 heterocycles. The molecule has 1 rings (SSSR count). The van der Waals surface area contributed by atoms with Gasteiger partial charge in [-0.1, -0.05) is 13.8 Å². The highest BCUT2D eigenvalue weighted by atomic mass is 35.5. The molecule has 0 aromatic heterocycles. The molecule has 1 aliphatic heterocycles. The van der Waals surface area contributed by atoms with Crippen LogP contribution in [0, 0.1) is 5.92 Å². The lowest BCUT2D eigenvalue weighted by atomic mass is 10.0. The number of nitrogens with zero attached hydrogens (tertiary/aromatic N) is 1. The Labute approximate surface area is 75.8 Å². The maximum Gasteiger partial charge on any atom is 0.0241 e. The standard InChI is InChI=1S/C8H18N2.ClH/c1-7(2)8-6-9-4-5-10(8)3;/h7-9H,4-6H2,1-3H3;1H.